The molecule has 0 aliphatic carbocycles. The minimum atomic E-state index is -0.466. The van der Waals surface area contributed by atoms with Crippen LogP contribution in [0.1, 0.15) is 23.0 Å². The molecule has 0 fully saturated rings. The van der Waals surface area contributed by atoms with Crippen LogP contribution in [-0.4, -0.2) is 34.7 Å². The molecule has 0 spiro atoms. The van der Waals surface area contributed by atoms with Crippen molar-refractivity contribution in [2.24, 2.45) is 0 Å². The summed E-state index contributed by atoms with van der Waals surface area (Å²) in [5.41, 5.74) is 2.11. The van der Waals surface area contributed by atoms with Gasteiger partial charge in [0.15, 0.2) is 0 Å². The predicted octanol–water partition coefficient (Wildman–Crippen LogP) is 2.48. The molecule has 0 saturated heterocycles. The first kappa shape index (κ1) is 20.3. The van der Waals surface area contributed by atoms with Crippen LogP contribution < -0.4 is 20.5 Å². The quantitative estimate of drug-likeness (QED) is 0.687. The van der Waals surface area contributed by atoms with Gasteiger partial charge in [-0.1, -0.05) is 24.3 Å². The lowest BCUT2D eigenvalue weighted by Gasteiger charge is -2.22. The van der Waals surface area contributed by atoms with Gasteiger partial charge >= 0.3 is 0 Å². The number of nitrogens with one attached hydrogen (secondary N) is 1. The molecule has 31 heavy (non-hydrogen) atoms. The Morgan fingerprint density at radius 1 is 1.13 bits per heavy atom. The van der Waals surface area contributed by atoms with Crippen molar-refractivity contribution in [3.05, 3.63) is 82.3 Å². The maximum atomic E-state index is 13.2. The summed E-state index contributed by atoms with van der Waals surface area (Å²) >= 11 is 0. The molecular formula is C23H22N4O4. The Balaban J connectivity index is 1.54. The van der Waals surface area contributed by atoms with Gasteiger partial charge in [-0.2, -0.15) is 5.10 Å². The number of rotatable bonds is 5. The summed E-state index contributed by atoms with van der Waals surface area (Å²) in [6.07, 6.45) is 0.754. The lowest BCUT2D eigenvalue weighted by Crippen LogP contribution is -2.38. The molecule has 4 rings (SSSR count). The molecule has 1 N–H and O–H groups in total. The highest BCUT2D eigenvalue weighted by Crippen LogP contribution is 2.32. The average Bonchev–Trinajstić information content (AvgIpc) is 3.10. The fourth-order valence-corrected chi connectivity index (χ4v) is 3.71. The zero-order valence-electron chi connectivity index (χ0n) is 17.2. The van der Waals surface area contributed by atoms with Crippen LogP contribution in [-0.2, 0) is 17.8 Å². The van der Waals surface area contributed by atoms with Gasteiger partial charge in [0.1, 0.15) is 18.0 Å². The van der Waals surface area contributed by atoms with E-state index in [2.05, 4.69) is 10.4 Å². The van der Waals surface area contributed by atoms with Crippen molar-refractivity contribution in [3.8, 4) is 5.75 Å². The lowest BCUT2D eigenvalue weighted by atomic mass is 10.1. The Kier molecular flexibility index (Phi) is 5.53. The minimum Gasteiger partial charge on any atom is -0.497 e. The van der Waals surface area contributed by atoms with Gasteiger partial charge in [-0.05, 0) is 43.2 Å². The zero-order valence-corrected chi connectivity index (χ0v) is 17.2. The van der Waals surface area contributed by atoms with Crippen molar-refractivity contribution in [1.82, 2.24) is 9.78 Å². The highest BCUT2D eigenvalue weighted by Gasteiger charge is 2.32. The molecule has 1 unspecified atom stereocenters. The summed E-state index contributed by atoms with van der Waals surface area (Å²) in [6.45, 7) is 1.65. The van der Waals surface area contributed by atoms with Crippen LogP contribution in [0.4, 0.5) is 11.4 Å². The van der Waals surface area contributed by atoms with E-state index in [1.165, 1.54) is 19.2 Å². The Morgan fingerprint density at radius 3 is 2.74 bits per heavy atom. The highest BCUT2D eigenvalue weighted by atomic mass is 16.5. The monoisotopic (exact) mass is 418 g/mol. The van der Waals surface area contributed by atoms with E-state index in [1.807, 2.05) is 31.2 Å². The number of hydrogen-bond acceptors (Lipinski definition) is 5. The molecule has 0 radical (unpaired) electrons. The van der Waals surface area contributed by atoms with Crippen molar-refractivity contribution in [2.45, 2.75) is 25.9 Å². The maximum absolute atomic E-state index is 13.2. The van der Waals surface area contributed by atoms with Crippen LogP contribution in [0, 0.1) is 0 Å². The van der Waals surface area contributed by atoms with E-state index in [-0.39, 0.29) is 24.2 Å². The third-order valence-corrected chi connectivity index (χ3v) is 5.16. The van der Waals surface area contributed by atoms with Gasteiger partial charge in [0.05, 0.1) is 7.11 Å². The number of carbonyl (C=O) groups is 2. The summed E-state index contributed by atoms with van der Waals surface area (Å²) in [4.78, 5) is 39.5. The van der Waals surface area contributed by atoms with E-state index in [0.717, 1.165) is 22.4 Å². The van der Waals surface area contributed by atoms with Crippen LogP contribution in [0.15, 0.2) is 65.5 Å². The van der Waals surface area contributed by atoms with Crippen molar-refractivity contribution in [1.29, 1.82) is 0 Å². The number of anilines is 2. The molecule has 1 aliphatic heterocycles. The van der Waals surface area contributed by atoms with Gasteiger partial charge in [0.2, 0.25) is 5.91 Å². The molecule has 1 atom stereocenters. The number of benzene rings is 2. The molecule has 2 aromatic carbocycles. The van der Waals surface area contributed by atoms with E-state index in [0.29, 0.717) is 11.4 Å². The van der Waals surface area contributed by atoms with Crippen molar-refractivity contribution in [2.75, 3.05) is 17.3 Å². The van der Waals surface area contributed by atoms with Crippen LogP contribution in [0.3, 0.4) is 0 Å². The Bertz CT molecular complexity index is 1200. The molecule has 1 aliphatic rings. The number of methoxy groups -OCH3 is 1. The van der Waals surface area contributed by atoms with E-state index in [1.54, 1.807) is 29.2 Å². The number of hydrogen-bond donors (Lipinski definition) is 1. The summed E-state index contributed by atoms with van der Waals surface area (Å²) in [7, 11) is 1.53. The van der Waals surface area contributed by atoms with Crippen LogP contribution in [0.5, 0.6) is 5.75 Å². The predicted molar refractivity (Wildman–Crippen MR) is 117 cm³/mol. The largest absolute Gasteiger partial charge is 0.497 e. The molecule has 8 heteroatoms. The average molecular weight is 418 g/mol. The smallest absolute Gasteiger partial charge is 0.278 e. The number of fused-ring (bicyclic) bond motifs is 1. The molecule has 2 heterocycles. The van der Waals surface area contributed by atoms with Gasteiger partial charge < -0.3 is 15.0 Å². The Labute approximate surface area is 179 Å². The van der Waals surface area contributed by atoms with Gasteiger partial charge in [0, 0.05) is 29.5 Å². The molecule has 8 nitrogen and oxygen atoms in total. The second kappa shape index (κ2) is 8.43. The molecule has 1 aromatic heterocycles. The number of ether oxygens (including phenoxy) is 1. The molecule has 0 saturated carbocycles. The summed E-state index contributed by atoms with van der Waals surface area (Å²) < 4.78 is 6.13. The standard InChI is InChI=1S/C23H22N4O4/c1-15-12-16-6-3-4-9-20(16)27(15)23(30)19-10-11-22(29)26(25-19)14-21(28)24-17-7-5-8-18(13-17)31-2/h3-11,13,15H,12,14H2,1-2H3,(H,24,28). The third-order valence-electron chi connectivity index (χ3n) is 5.16. The first-order chi connectivity index (χ1) is 15.0. The maximum Gasteiger partial charge on any atom is 0.278 e. The topological polar surface area (TPSA) is 93.5 Å². The normalized spacial score (nSPS) is 14.8. The zero-order chi connectivity index (χ0) is 22.0. The summed E-state index contributed by atoms with van der Waals surface area (Å²) in [5, 5.41) is 6.87. The van der Waals surface area contributed by atoms with E-state index in [9.17, 15) is 14.4 Å². The fourth-order valence-electron chi connectivity index (χ4n) is 3.71. The van der Waals surface area contributed by atoms with Gasteiger partial charge in [-0.3, -0.25) is 14.4 Å². The van der Waals surface area contributed by atoms with Crippen LogP contribution in [0.25, 0.3) is 0 Å². The summed E-state index contributed by atoms with van der Waals surface area (Å²) in [6, 6.07) is 17.2. The molecule has 158 valence electrons. The molecule has 2 amide bonds. The van der Waals surface area contributed by atoms with Crippen LogP contribution >= 0.6 is 0 Å². The number of para-hydroxylation sites is 1. The number of nitrogens with zero attached hydrogens (tertiary/aromatic N) is 3. The molecular weight excluding hydrogens is 396 g/mol. The van der Waals surface area contributed by atoms with Crippen molar-refractivity contribution in [3.63, 3.8) is 0 Å². The van der Waals surface area contributed by atoms with Gasteiger partial charge in [0.25, 0.3) is 11.5 Å². The number of amides is 2. The molecule has 3 aromatic rings. The van der Waals surface area contributed by atoms with Gasteiger partial charge in [-0.15, -0.1) is 0 Å². The number of carbonyl (C=O) groups excluding carboxylic acids is 2. The van der Waals surface area contributed by atoms with Crippen LogP contribution in [0.2, 0.25) is 0 Å². The SMILES string of the molecule is COc1cccc(NC(=O)Cn2nc(C(=O)N3c4ccccc4CC3C)ccc2=O)c1. The molecule has 0 bridgehead atoms. The fraction of sp³-hybridized carbons (Fsp3) is 0.217. The highest BCUT2D eigenvalue weighted by molar-refractivity contribution is 6.06. The van der Waals surface area contributed by atoms with Crippen molar-refractivity contribution < 1.29 is 14.3 Å². The Morgan fingerprint density at radius 2 is 1.94 bits per heavy atom. The van der Waals surface area contributed by atoms with E-state index < -0.39 is 11.5 Å². The Hall–Kier alpha value is -3.94. The number of aromatic nitrogens is 2. The van der Waals surface area contributed by atoms with Crippen molar-refractivity contribution >= 4 is 23.2 Å². The first-order valence-corrected chi connectivity index (χ1v) is 9.90. The minimum absolute atomic E-state index is 0.0246. The second-order valence-electron chi connectivity index (χ2n) is 7.35. The first-order valence-electron chi connectivity index (χ1n) is 9.90. The lowest BCUT2D eigenvalue weighted by molar-refractivity contribution is -0.117. The third kappa shape index (κ3) is 4.18. The van der Waals surface area contributed by atoms with Gasteiger partial charge in [-0.25, -0.2) is 4.68 Å². The second-order valence-corrected chi connectivity index (χ2v) is 7.35. The van der Waals surface area contributed by atoms with E-state index in [4.69, 9.17) is 4.74 Å². The van der Waals surface area contributed by atoms with E-state index >= 15 is 0 Å². The summed E-state index contributed by atoms with van der Waals surface area (Å²) in [5.74, 6) is -0.146.